The molecule has 0 spiro atoms. The molecule has 6 nitrogen and oxygen atoms in total. The number of benzene rings is 2. The van der Waals surface area contributed by atoms with Crippen LogP contribution in [0, 0.1) is 5.82 Å². The molecule has 2 aromatic heterocycles. The van der Waals surface area contributed by atoms with Crippen molar-refractivity contribution >= 4 is 17.7 Å². The van der Waals surface area contributed by atoms with Crippen molar-refractivity contribution in [2.75, 3.05) is 18.2 Å². The lowest BCUT2D eigenvalue weighted by molar-refractivity contribution is 0.414. The quantitative estimate of drug-likeness (QED) is 0.273. The molecule has 0 bridgehead atoms. The van der Waals surface area contributed by atoms with E-state index in [0.717, 1.165) is 71.4 Å². The molecule has 3 heterocycles. The topological polar surface area (TPSA) is 64.9 Å². The van der Waals surface area contributed by atoms with E-state index in [1.165, 1.54) is 24.1 Å². The molecule has 1 saturated carbocycles. The van der Waals surface area contributed by atoms with E-state index in [1.54, 1.807) is 19.2 Å². The Morgan fingerprint density at radius 2 is 1.84 bits per heavy atom. The lowest BCUT2D eigenvalue weighted by atomic mass is 9.93. The number of hydrogen-bond donors (Lipinski definition) is 1. The third-order valence-corrected chi connectivity index (χ3v) is 8.40. The average molecular weight is 516 g/mol. The highest BCUT2D eigenvalue weighted by molar-refractivity contribution is 7.98. The van der Waals surface area contributed by atoms with Gasteiger partial charge in [0.25, 0.3) is 0 Å². The molecule has 1 atom stereocenters. The van der Waals surface area contributed by atoms with E-state index >= 15 is 0 Å². The van der Waals surface area contributed by atoms with Crippen LogP contribution in [0.1, 0.15) is 43.1 Å². The third-order valence-electron chi connectivity index (χ3n) is 7.24. The fourth-order valence-electron chi connectivity index (χ4n) is 5.01. The lowest BCUT2D eigenvalue weighted by Crippen LogP contribution is -2.28. The summed E-state index contributed by atoms with van der Waals surface area (Å²) >= 11 is 1.93. The Balaban J connectivity index is 1.30. The number of fused-ring (bicyclic) bond motifs is 1. The van der Waals surface area contributed by atoms with Crippen molar-refractivity contribution < 1.29 is 9.13 Å². The molecule has 0 saturated heterocycles. The molecule has 0 radical (unpaired) electrons. The molecule has 0 amide bonds. The van der Waals surface area contributed by atoms with E-state index in [0.29, 0.717) is 18.0 Å². The molecule has 2 aromatic carbocycles. The Morgan fingerprint density at radius 3 is 2.57 bits per heavy atom. The van der Waals surface area contributed by atoms with Crippen molar-refractivity contribution in [1.29, 1.82) is 0 Å². The van der Waals surface area contributed by atoms with Crippen LogP contribution in [0.5, 0.6) is 5.75 Å². The van der Waals surface area contributed by atoms with E-state index in [-0.39, 0.29) is 5.82 Å². The summed E-state index contributed by atoms with van der Waals surface area (Å²) in [5.41, 5.74) is 4.88. The summed E-state index contributed by atoms with van der Waals surface area (Å²) in [6, 6.07) is 17.6. The van der Waals surface area contributed by atoms with Gasteiger partial charge in [-0.05, 0) is 73.7 Å². The molecule has 37 heavy (non-hydrogen) atoms. The monoisotopic (exact) mass is 515 g/mol. The van der Waals surface area contributed by atoms with Crippen molar-refractivity contribution in [3.63, 3.8) is 0 Å². The third kappa shape index (κ3) is 5.07. The second-order valence-corrected chi connectivity index (χ2v) is 10.7. The number of ether oxygens (including phenoxy) is 1. The maximum Gasteiger partial charge on any atom is 0.223 e. The Labute approximate surface area is 220 Å². The number of hydrogen-bond acceptors (Lipinski definition) is 6. The maximum atomic E-state index is 13.7. The van der Waals surface area contributed by atoms with Gasteiger partial charge in [0.2, 0.25) is 5.95 Å². The van der Waals surface area contributed by atoms with Crippen LogP contribution in [0.3, 0.4) is 0 Å². The zero-order chi connectivity index (χ0) is 25.2. The van der Waals surface area contributed by atoms with Crippen LogP contribution in [0.4, 0.5) is 10.3 Å². The van der Waals surface area contributed by atoms with Crippen molar-refractivity contribution in [2.24, 2.45) is 0 Å². The number of aryl methyl sites for hydroxylation is 1. The van der Waals surface area contributed by atoms with Gasteiger partial charge in [-0.15, -0.1) is 0 Å². The van der Waals surface area contributed by atoms with Crippen LogP contribution in [0.15, 0.2) is 60.8 Å². The Hall–Kier alpha value is -3.39. The van der Waals surface area contributed by atoms with Crippen LogP contribution < -0.4 is 10.1 Å². The summed E-state index contributed by atoms with van der Waals surface area (Å²) in [5.74, 6) is 4.26. The van der Waals surface area contributed by atoms with Gasteiger partial charge >= 0.3 is 0 Å². The van der Waals surface area contributed by atoms with Crippen molar-refractivity contribution in [1.82, 2.24) is 19.5 Å². The highest BCUT2D eigenvalue weighted by atomic mass is 32.2. The summed E-state index contributed by atoms with van der Waals surface area (Å²) in [4.78, 5) is 14.5. The van der Waals surface area contributed by atoms with Crippen LogP contribution in [-0.4, -0.2) is 38.4 Å². The van der Waals surface area contributed by atoms with E-state index < -0.39 is 0 Å². The summed E-state index contributed by atoms with van der Waals surface area (Å²) < 4.78 is 21.4. The highest BCUT2D eigenvalue weighted by Crippen LogP contribution is 2.40. The fourth-order valence-corrected chi connectivity index (χ4v) is 6.15. The van der Waals surface area contributed by atoms with Crippen LogP contribution in [-0.2, 0) is 12.2 Å². The molecular formula is C29H30FN5OS. The number of nitrogens with zero attached hydrogens (tertiary/aromatic N) is 4. The normalized spacial score (nSPS) is 16.9. The zero-order valence-electron chi connectivity index (χ0n) is 20.9. The number of methoxy groups -OCH3 is 1. The minimum absolute atomic E-state index is 0.251. The van der Waals surface area contributed by atoms with E-state index in [1.807, 2.05) is 36.2 Å². The van der Waals surface area contributed by atoms with E-state index in [9.17, 15) is 4.39 Å². The summed E-state index contributed by atoms with van der Waals surface area (Å²) in [5, 5.41) is 3.47. The number of anilines is 1. The molecule has 4 aromatic rings. The van der Waals surface area contributed by atoms with Gasteiger partial charge in [-0.1, -0.05) is 12.1 Å². The molecule has 8 heteroatoms. The van der Waals surface area contributed by atoms with Crippen LogP contribution in [0.25, 0.3) is 22.6 Å². The number of nitrogens with one attached hydrogen (secondary N) is 1. The minimum atomic E-state index is -0.251. The summed E-state index contributed by atoms with van der Waals surface area (Å²) in [6.07, 6.45) is 7.35. The number of halogens is 1. The zero-order valence-corrected chi connectivity index (χ0v) is 21.7. The SMILES string of the molecule is COc1ccc(CSC[C@@H]2CCc3nc(-c4ccc(F)cc4)c(-c4ccnc(NC5CCC5)n4)n32)cc1. The number of aromatic nitrogens is 4. The van der Waals surface area contributed by atoms with Gasteiger partial charge in [0.1, 0.15) is 17.4 Å². The molecule has 1 fully saturated rings. The first kappa shape index (κ1) is 24.0. The number of imidazole rings is 1. The van der Waals surface area contributed by atoms with Gasteiger partial charge < -0.3 is 14.6 Å². The first-order valence-electron chi connectivity index (χ1n) is 12.9. The number of thioether (sulfide) groups is 1. The second-order valence-electron chi connectivity index (χ2n) is 9.70. The first-order chi connectivity index (χ1) is 18.2. The lowest BCUT2D eigenvalue weighted by Gasteiger charge is -2.26. The molecule has 2 aliphatic rings. The van der Waals surface area contributed by atoms with Crippen molar-refractivity contribution in [2.45, 2.75) is 49.9 Å². The largest absolute Gasteiger partial charge is 0.497 e. The van der Waals surface area contributed by atoms with Crippen molar-refractivity contribution in [3.8, 4) is 28.4 Å². The molecule has 190 valence electrons. The van der Waals surface area contributed by atoms with E-state index in [2.05, 4.69) is 27.0 Å². The Morgan fingerprint density at radius 1 is 1.03 bits per heavy atom. The predicted octanol–water partition coefficient (Wildman–Crippen LogP) is 6.54. The molecule has 0 unspecified atom stereocenters. The Bertz CT molecular complexity index is 1370. The average Bonchev–Trinajstić information content (AvgIpc) is 3.47. The van der Waals surface area contributed by atoms with E-state index in [4.69, 9.17) is 14.7 Å². The molecule has 6 rings (SSSR count). The van der Waals surface area contributed by atoms with Crippen molar-refractivity contribution in [3.05, 3.63) is 78.0 Å². The van der Waals surface area contributed by atoms with Gasteiger partial charge in [0.15, 0.2) is 0 Å². The van der Waals surface area contributed by atoms with Crippen LogP contribution in [0.2, 0.25) is 0 Å². The summed E-state index contributed by atoms with van der Waals surface area (Å²) in [6.45, 7) is 0. The standard InChI is InChI=1S/C29H30FN5OS/c1-36-24-12-5-19(6-13-24)17-37-18-23-11-14-26-34-27(20-7-9-21(30)10-8-20)28(35(23)26)25-15-16-31-29(33-25)32-22-3-2-4-22/h5-10,12-13,15-16,22-23H,2-4,11,14,17-18H2,1H3,(H,31,32,33)/t23-/m0/s1. The number of rotatable bonds is 9. The predicted molar refractivity (Wildman–Crippen MR) is 146 cm³/mol. The summed E-state index contributed by atoms with van der Waals surface area (Å²) in [7, 11) is 1.69. The second kappa shape index (κ2) is 10.5. The molecule has 1 aliphatic heterocycles. The smallest absolute Gasteiger partial charge is 0.223 e. The minimum Gasteiger partial charge on any atom is -0.497 e. The van der Waals surface area contributed by atoms with Gasteiger partial charge in [-0.2, -0.15) is 11.8 Å². The van der Waals surface area contributed by atoms with Gasteiger partial charge in [0.05, 0.1) is 24.2 Å². The molecule has 1 aliphatic carbocycles. The Kier molecular flexibility index (Phi) is 6.83. The van der Waals surface area contributed by atoms with Gasteiger partial charge in [0, 0.05) is 41.8 Å². The van der Waals surface area contributed by atoms with Crippen LogP contribution >= 0.6 is 11.8 Å². The molecular weight excluding hydrogens is 485 g/mol. The maximum absolute atomic E-state index is 13.7. The van der Waals surface area contributed by atoms with Gasteiger partial charge in [-0.3, -0.25) is 0 Å². The fraction of sp³-hybridized carbons (Fsp3) is 0.345. The molecule has 1 N–H and O–H groups in total. The first-order valence-corrected chi connectivity index (χ1v) is 14.0. The highest BCUT2D eigenvalue weighted by Gasteiger charge is 2.31. The van der Waals surface area contributed by atoms with Gasteiger partial charge in [-0.25, -0.2) is 19.3 Å².